The van der Waals surface area contributed by atoms with E-state index in [1.165, 1.54) is 16.9 Å². The summed E-state index contributed by atoms with van der Waals surface area (Å²) < 4.78 is 5.13. The van der Waals surface area contributed by atoms with E-state index < -0.39 is 0 Å². The van der Waals surface area contributed by atoms with Crippen LogP contribution in [-0.4, -0.2) is 18.4 Å². The highest BCUT2D eigenvalue weighted by atomic mass is 32.1. The molecule has 0 radical (unpaired) electrons. The lowest BCUT2D eigenvalue weighted by Crippen LogP contribution is -2.36. The van der Waals surface area contributed by atoms with Crippen LogP contribution in [0.4, 0.5) is 0 Å². The highest BCUT2D eigenvalue weighted by Gasteiger charge is 2.20. The van der Waals surface area contributed by atoms with Gasteiger partial charge < -0.3 is 15.1 Å². The Morgan fingerprint density at radius 2 is 2.26 bits per heavy atom. The molecule has 0 fully saturated rings. The Hall–Kier alpha value is -2.08. The molecule has 0 saturated heterocycles. The smallest absolute Gasteiger partial charge is 0.261 e. The number of thiophene rings is 1. The van der Waals surface area contributed by atoms with Crippen molar-refractivity contribution in [2.75, 3.05) is 6.54 Å². The second-order valence-electron chi connectivity index (χ2n) is 5.95. The Bertz CT molecular complexity index is 691. The first-order valence-corrected chi connectivity index (χ1v) is 8.62. The van der Waals surface area contributed by atoms with Gasteiger partial charge in [0, 0.05) is 4.88 Å². The van der Waals surface area contributed by atoms with Crippen molar-refractivity contribution in [2.24, 2.45) is 5.92 Å². The zero-order chi connectivity index (χ0) is 16.2. The highest BCUT2D eigenvalue weighted by molar-refractivity contribution is 7.14. The Morgan fingerprint density at radius 3 is 3.04 bits per heavy atom. The molecule has 0 aliphatic heterocycles. The van der Waals surface area contributed by atoms with Crippen molar-refractivity contribution in [1.82, 2.24) is 10.6 Å². The van der Waals surface area contributed by atoms with E-state index in [0.717, 1.165) is 12.8 Å². The van der Waals surface area contributed by atoms with Crippen LogP contribution in [0, 0.1) is 5.92 Å². The molecule has 1 aliphatic rings. The van der Waals surface area contributed by atoms with E-state index in [1.807, 2.05) is 6.07 Å². The number of rotatable bonds is 5. The summed E-state index contributed by atoms with van der Waals surface area (Å²) in [5, 5.41) is 5.38. The van der Waals surface area contributed by atoms with E-state index in [2.05, 4.69) is 17.6 Å². The van der Waals surface area contributed by atoms with E-state index in [4.69, 9.17) is 4.42 Å². The molecular formula is C17H20N2O3S. The van der Waals surface area contributed by atoms with Crippen molar-refractivity contribution < 1.29 is 14.0 Å². The average molecular weight is 332 g/mol. The number of fused-ring (bicyclic) bond motifs is 1. The number of nitrogens with one attached hydrogen (secondary N) is 2. The Kier molecular flexibility index (Phi) is 4.81. The second-order valence-corrected chi connectivity index (χ2v) is 7.08. The number of aryl methyl sites for hydroxylation is 1. The minimum absolute atomic E-state index is 0.0293. The molecule has 0 saturated carbocycles. The van der Waals surface area contributed by atoms with E-state index in [-0.39, 0.29) is 18.4 Å². The van der Waals surface area contributed by atoms with Gasteiger partial charge in [0.2, 0.25) is 5.91 Å². The summed E-state index contributed by atoms with van der Waals surface area (Å²) in [6.45, 7) is 2.54. The van der Waals surface area contributed by atoms with Gasteiger partial charge in [-0.3, -0.25) is 9.59 Å². The third-order valence-corrected chi connectivity index (χ3v) is 5.24. The number of amides is 2. The van der Waals surface area contributed by atoms with Gasteiger partial charge in [-0.25, -0.2) is 0 Å². The molecule has 2 N–H and O–H groups in total. The normalized spacial score (nSPS) is 16.7. The molecule has 6 heteroatoms. The number of hydrogen-bond acceptors (Lipinski definition) is 4. The lowest BCUT2D eigenvalue weighted by atomic mass is 9.90. The SMILES string of the molecule is C[C@@H]1CCc2sc(C(=O)NCC(=O)NCc3ccco3)cc2C1. The summed E-state index contributed by atoms with van der Waals surface area (Å²) in [6, 6.07) is 5.53. The molecule has 0 aromatic carbocycles. The Labute approximate surface area is 139 Å². The third kappa shape index (κ3) is 4.01. The van der Waals surface area contributed by atoms with Gasteiger partial charge in [0.15, 0.2) is 0 Å². The summed E-state index contributed by atoms with van der Waals surface area (Å²) >= 11 is 1.55. The Balaban J connectivity index is 1.48. The molecule has 122 valence electrons. The molecule has 0 unspecified atom stereocenters. The number of carbonyl (C=O) groups is 2. The quantitative estimate of drug-likeness (QED) is 0.884. The fourth-order valence-electron chi connectivity index (χ4n) is 2.73. The van der Waals surface area contributed by atoms with Gasteiger partial charge in [0.25, 0.3) is 5.91 Å². The van der Waals surface area contributed by atoms with E-state index in [1.54, 1.807) is 29.7 Å². The van der Waals surface area contributed by atoms with Crippen LogP contribution in [0.15, 0.2) is 28.9 Å². The van der Waals surface area contributed by atoms with Crippen molar-refractivity contribution in [3.05, 3.63) is 45.5 Å². The van der Waals surface area contributed by atoms with Crippen LogP contribution in [0.25, 0.3) is 0 Å². The lowest BCUT2D eigenvalue weighted by Gasteiger charge is -2.16. The van der Waals surface area contributed by atoms with Gasteiger partial charge in [-0.05, 0) is 48.9 Å². The molecule has 5 nitrogen and oxygen atoms in total. The summed E-state index contributed by atoms with van der Waals surface area (Å²) in [7, 11) is 0. The lowest BCUT2D eigenvalue weighted by molar-refractivity contribution is -0.120. The summed E-state index contributed by atoms with van der Waals surface area (Å²) in [6.07, 6.45) is 4.84. The topological polar surface area (TPSA) is 71.3 Å². The summed E-state index contributed by atoms with van der Waals surface area (Å²) in [4.78, 5) is 25.9. The maximum Gasteiger partial charge on any atom is 0.261 e. The fraction of sp³-hybridized carbons (Fsp3) is 0.412. The predicted molar refractivity (Wildman–Crippen MR) is 88.4 cm³/mol. The van der Waals surface area contributed by atoms with Crippen LogP contribution < -0.4 is 10.6 Å². The minimum Gasteiger partial charge on any atom is -0.467 e. The monoisotopic (exact) mass is 332 g/mol. The molecular weight excluding hydrogens is 312 g/mol. The molecule has 0 bridgehead atoms. The van der Waals surface area contributed by atoms with Crippen LogP contribution in [0.2, 0.25) is 0 Å². The van der Waals surface area contributed by atoms with Crippen molar-refractivity contribution in [3.8, 4) is 0 Å². The molecule has 2 aromatic heterocycles. The van der Waals surface area contributed by atoms with E-state index in [9.17, 15) is 9.59 Å². The zero-order valence-corrected chi connectivity index (χ0v) is 13.9. The standard InChI is InChI=1S/C17H20N2O3S/c1-11-4-5-14-12(7-11)8-15(23-14)17(21)19-10-16(20)18-9-13-3-2-6-22-13/h2-3,6,8,11H,4-5,7,9-10H2,1H3,(H,18,20)(H,19,21)/t11-/m1/s1. The van der Waals surface area contributed by atoms with Gasteiger partial charge in [-0.1, -0.05) is 6.92 Å². The van der Waals surface area contributed by atoms with Crippen molar-refractivity contribution >= 4 is 23.2 Å². The summed E-state index contributed by atoms with van der Waals surface area (Å²) in [5.74, 6) is 0.958. The number of furan rings is 1. The van der Waals surface area contributed by atoms with Crippen molar-refractivity contribution in [2.45, 2.75) is 32.7 Å². The predicted octanol–water partition coefficient (Wildman–Crippen LogP) is 2.51. The van der Waals surface area contributed by atoms with Crippen LogP contribution in [-0.2, 0) is 24.2 Å². The van der Waals surface area contributed by atoms with Gasteiger partial charge in [-0.15, -0.1) is 11.3 Å². The van der Waals surface area contributed by atoms with Crippen LogP contribution in [0.5, 0.6) is 0 Å². The molecule has 2 heterocycles. The molecule has 2 aromatic rings. The maximum absolute atomic E-state index is 12.2. The molecule has 1 atom stereocenters. The van der Waals surface area contributed by atoms with E-state index in [0.29, 0.717) is 23.1 Å². The molecule has 2 amide bonds. The molecule has 1 aliphatic carbocycles. The second kappa shape index (κ2) is 7.00. The van der Waals surface area contributed by atoms with Gasteiger partial charge in [0.05, 0.1) is 24.2 Å². The molecule has 23 heavy (non-hydrogen) atoms. The molecule has 3 rings (SSSR count). The highest BCUT2D eigenvalue weighted by Crippen LogP contribution is 2.32. The van der Waals surface area contributed by atoms with Crippen LogP contribution >= 0.6 is 11.3 Å². The number of hydrogen-bond donors (Lipinski definition) is 2. The van der Waals surface area contributed by atoms with Crippen LogP contribution in [0.1, 0.15) is 39.2 Å². The van der Waals surface area contributed by atoms with Gasteiger partial charge in [0.1, 0.15) is 5.76 Å². The fourth-order valence-corrected chi connectivity index (χ4v) is 3.85. The number of carbonyl (C=O) groups excluding carboxylic acids is 2. The van der Waals surface area contributed by atoms with Gasteiger partial charge >= 0.3 is 0 Å². The van der Waals surface area contributed by atoms with Crippen molar-refractivity contribution in [1.29, 1.82) is 0 Å². The first-order valence-electron chi connectivity index (χ1n) is 7.80. The first kappa shape index (κ1) is 15.8. The molecule has 0 spiro atoms. The summed E-state index contributed by atoms with van der Waals surface area (Å²) in [5.41, 5.74) is 1.29. The average Bonchev–Trinajstić information content (AvgIpc) is 3.19. The maximum atomic E-state index is 12.2. The Morgan fingerprint density at radius 1 is 1.39 bits per heavy atom. The van der Waals surface area contributed by atoms with E-state index >= 15 is 0 Å². The largest absolute Gasteiger partial charge is 0.467 e. The van der Waals surface area contributed by atoms with Crippen molar-refractivity contribution in [3.63, 3.8) is 0 Å². The zero-order valence-electron chi connectivity index (χ0n) is 13.1. The van der Waals surface area contributed by atoms with Crippen LogP contribution in [0.3, 0.4) is 0 Å². The first-order chi connectivity index (χ1) is 11.1. The van der Waals surface area contributed by atoms with Gasteiger partial charge in [-0.2, -0.15) is 0 Å². The third-order valence-electron chi connectivity index (χ3n) is 4.00. The minimum atomic E-state index is -0.232.